The van der Waals surface area contributed by atoms with Gasteiger partial charge in [-0.3, -0.25) is 4.21 Å². The second kappa shape index (κ2) is 17.3. The van der Waals surface area contributed by atoms with Crippen LogP contribution in [0.15, 0.2) is 0 Å². The van der Waals surface area contributed by atoms with E-state index in [-0.39, 0.29) is 33.2 Å². The number of aliphatic carboxylic acids is 1. The van der Waals surface area contributed by atoms with E-state index in [1.807, 2.05) is 0 Å². The van der Waals surface area contributed by atoms with Crippen LogP contribution in [0.1, 0.15) is 45.4 Å². The summed E-state index contributed by atoms with van der Waals surface area (Å²) in [6.07, 6.45) is 6.44. The molecule has 1 aliphatic rings. The van der Waals surface area contributed by atoms with Gasteiger partial charge in [0, 0.05) is 28.3 Å². The molecule has 1 unspecified atom stereocenters. The van der Waals surface area contributed by atoms with Crippen molar-refractivity contribution in [2.45, 2.75) is 45.4 Å². The third-order valence-electron chi connectivity index (χ3n) is 3.64. The van der Waals surface area contributed by atoms with Crippen LogP contribution in [0.4, 0.5) is 0 Å². The maximum absolute atomic E-state index is 10.5. The van der Waals surface area contributed by atoms with E-state index in [0.717, 1.165) is 13.1 Å². The minimum atomic E-state index is -1.75. The van der Waals surface area contributed by atoms with Crippen LogP contribution >= 0.6 is 0 Å². The summed E-state index contributed by atoms with van der Waals surface area (Å²) in [5.41, 5.74) is 11.7. The van der Waals surface area contributed by atoms with Crippen molar-refractivity contribution in [1.82, 2.24) is 0 Å². The molecule has 0 aliphatic heterocycles. The molecule has 0 bridgehead atoms. The second-order valence-electron chi connectivity index (χ2n) is 5.25. The maximum Gasteiger partial charge on any atom is 2.00 e. The standard InChI is InChI=1S/C8H18N2.C5H10O3S.NO3.Pt/c9-6-8(7-10)4-2-1-3-5-8;1-2-9(8)4-3-5(6)7;2-1(3)4;/h1-7,9-10H2;2-4H2,1H3,(H,6,7);;/q;;-1;+2/p-1. The van der Waals surface area contributed by atoms with E-state index < -0.39 is 21.9 Å². The average Bonchev–Trinajstić information content (AvgIpc) is 2.53. The number of hydrogen-bond acceptors (Lipinski definition) is 8. The largest absolute Gasteiger partial charge is 2.00 e. The van der Waals surface area contributed by atoms with E-state index in [1.54, 1.807) is 6.92 Å². The number of hydrogen-bond donors (Lipinski definition) is 2. The van der Waals surface area contributed by atoms with Crippen molar-refractivity contribution in [1.29, 1.82) is 0 Å². The van der Waals surface area contributed by atoms with Gasteiger partial charge in [0.25, 0.3) is 0 Å². The molecule has 9 nitrogen and oxygen atoms in total. The molecule has 4 N–H and O–H groups in total. The maximum atomic E-state index is 10.5. The zero-order chi connectivity index (χ0) is 18.3. The Morgan fingerprint density at radius 1 is 1.17 bits per heavy atom. The van der Waals surface area contributed by atoms with Crippen LogP contribution in [-0.4, -0.2) is 39.9 Å². The molecule has 1 saturated carbocycles. The molecule has 11 heteroatoms. The molecule has 0 saturated heterocycles. The fourth-order valence-electron chi connectivity index (χ4n) is 2.13. The van der Waals surface area contributed by atoms with Gasteiger partial charge < -0.3 is 36.7 Å². The molecule has 0 heterocycles. The molecule has 0 aromatic carbocycles. The van der Waals surface area contributed by atoms with Gasteiger partial charge in [-0.1, -0.05) is 26.2 Å². The summed E-state index contributed by atoms with van der Waals surface area (Å²) in [5, 5.41) is 24.5. The van der Waals surface area contributed by atoms with Gasteiger partial charge in [0.1, 0.15) is 0 Å². The van der Waals surface area contributed by atoms with Gasteiger partial charge in [-0.25, -0.2) is 0 Å². The van der Waals surface area contributed by atoms with Crippen LogP contribution in [0.3, 0.4) is 0 Å². The predicted octanol–water partition coefficient (Wildman–Crippen LogP) is -0.492. The normalized spacial score (nSPS) is 16.1. The van der Waals surface area contributed by atoms with Crippen LogP contribution in [-0.2, 0) is 36.7 Å². The van der Waals surface area contributed by atoms with Gasteiger partial charge in [-0.05, 0) is 37.8 Å². The Bertz CT molecular complexity index is 358. The van der Waals surface area contributed by atoms with Crippen LogP contribution < -0.4 is 16.6 Å². The van der Waals surface area contributed by atoms with E-state index in [0.29, 0.717) is 11.2 Å². The van der Waals surface area contributed by atoms with Crippen molar-refractivity contribution >= 4 is 16.8 Å². The minimum absolute atomic E-state index is 0. The van der Waals surface area contributed by atoms with E-state index in [4.69, 9.17) is 26.8 Å². The number of carboxylic acids is 1. The third kappa shape index (κ3) is 17.8. The summed E-state index contributed by atoms with van der Waals surface area (Å²) in [5.74, 6) is -0.386. The molecule has 0 radical (unpaired) electrons. The molecular formula is C13H27N3O6PtS. The number of nitrogens with two attached hydrogens (primary N) is 2. The summed E-state index contributed by atoms with van der Waals surface area (Å²) >= 11 is 0. The number of carbonyl (C=O) groups excluding carboxylic acids is 1. The topological polar surface area (TPSA) is 175 Å². The van der Waals surface area contributed by atoms with Crippen molar-refractivity contribution < 1.29 is 40.3 Å². The summed E-state index contributed by atoms with van der Waals surface area (Å²) in [6.45, 7) is 3.32. The molecule has 0 amide bonds. The monoisotopic (exact) mass is 548 g/mol. The Balaban J connectivity index is -0.000000293. The Hall–Kier alpha value is -0.572. The summed E-state index contributed by atoms with van der Waals surface area (Å²) < 4.78 is 10.5. The quantitative estimate of drug-likeness (QED) is 0.330. The number of carboxylic acid groups (broad SMARTS) is 1. The molecular weight excluding hydrogens is 521 g/mol. The van der Waals surface area contributed by atoms with Crippen LogP contribution in [0.2, 0.25) is 0 Å². The first-order chi connectivity index (χ1) is 10.7. The van der Waals surface area contributed by atoms with E-state index in [2.05, 4.69) is 0 Å². The average molecular weight is 549 g/mol. The van der Waals surface area contributed by atoms with Crippen LogP contribution in [0.25, 0.3) is 0 Å². The predicted molar refractivity (Wildman–Crippen MR) is 87.2 cm³/mol. The third-order valence-corrected chi connectivity index (χ3v) is 4.94. The van der Waals surface area contributed by atoms with Gasteiger partial charge in [0.2, 0.25) is 0 Å². The summed E-state index contributed by atoms with van der Waals surface area (Å²) in [7, 11) is -0.968. The smallest absolute Gasteiger partial charge is 0.550 e. The minimum Gasteiger partial charge on any atom is -0.550 e. The first-order valence-electron chi connectivity index (χ1n) is 7.49. The molecule has 0 aromatic rings. The van der Waals surface area contributed by atoms with Gasteiger partial charge in [-0.2, -0.15) is 0 Å². The SMILES string of the molecule is CCS(=O)CCC(=O)[O-].NCC1(CN)CCCCC1.O=[N+]([O-])[O-].[Pt+2]. The first kappa shape index (κ1) is 28.2. The van der Waals surface area contributed by atoms with Crippen molar-refractivity contribution in [2.75, 3.05) is 24.6 Å². The Kier molecular flexibility index (Phi) is 20.3. The summed E-state index contributed by atoms with van der Waals surface area (Å²) in [4.78, 5) is 18.0. The Morgan fingerprint density at radius 2 is 1.58 bits per heavy atom. The van der Waals surface area contributed by atoms with Crippen molar-refractivity contribution in [3.8, 4) is 0 Å². The zero-order valence-corrected chi connectivity index (χ0v) is 16.9. The van der Waals surface area contributed by atoms with Gasteiger partial charge in [0.15, 0.2) is 0 Å². The Labute approximate surface area is 159 Å². The molecule has 146 valence electrons. The number of carbonyl (C=O) groups is 1. The van der Waals surface area contributed by atoms with Gasteiger partial charge >= 0.3 is 21.1 Å². The molecule has 24 heavy (non-hydrogen) atoms. The van der Waals surface area contributed by atoms with Crippen LogP contribution in [0, 0.1) is 20.7 Å². The fourth-order valence-corrected chi connectivity index (χ4v) is 2.82. The van der Waals surface area contributed by atoms with E-state index >= 15 is 0 Å². The number of nitrogens with zero attached hydrogens (tertiary/aromatic N) is 1. The zero-order valence-electron chi connectivity index (χ0n) is 13.8. The second-order valence-corrected chi connectivity index (χ2v) is 7.11. The van der Waals surface area contributed by atoms with Gasteiger partial charge in [0.05, 0.1) is 5.09 Å². The van der Waals surface area contributed by atoms with Crippen molar-refractivity contribution in [3.63, 3.8) is 0 Å². The van der Waals surface area contributed by atoms with Gasteiger partial charge in [-0.15, -0.1) is 0 Å². The van der Waals surface area contributed by atoms with Crippen LogP contribution in [0.5, 0.6) is 0 Å². The molecule has 1 fully saturated rings. The van der Waals surface area contributed by atoms with Crippen molar-refractivity contribution in [2.24, 2.45) is 16.9 Å². The van der Waals surface area contributed by atoms with E-state index in [1.165, 1.54) is 32.1 Å². The molecule has 1 atom stereocenters. The first-order valence-corrected chi connectivity index (χ1v) is 8.98. The molecule has 1 rings (SSSR count). The molecule has 0 aromatic heterocycles. The molecule has 0 spiro atoms. The van der Waals surface area contributed by atoms with Crippen molar-refractivity contribution in [3.05, 3.63) is 15.3 Å². The summed E-state index contributed by atoms with van der Waals surface area (Å²) in [6, 6.07) is 0. The van der Waals surface area contributed by atoms with E-state index in [9.17, 15) is 14.1 Å². The fraction of sp³-hybridized carbons (Fsp3) is 0.923. The number of rotatable bonds is 6. The molecule has 1 aliphatic carbocycles. The Morgan fingerprint density at radius 3 is 1.83 bits per heavy atom.